The molecule has 0 aliphatic carbocycles. The van der Waals surface area contributed by atoms with Crippen molar-refractivity contribution in [3.8, 4) is 11.5 Å². The molecule has 2 aromatic carbocycles. The molecule has 28 heavy (non-hydrogen) atoms. The lowest BCUT2D eigenvalue weighted by atomic mass is 10.1. The van der Waals surface area contributed by atoms with Crippen LogP contribution in [0.15, 0.2) is 48.5 Å². The minimum Gasteiger partial charge on any atom is -0.493 e. The van der Waals surface area contributed by atoms with E-state index in [0.717, 1.165) is 23.4 Å². The number of hydrogen-bond acceptors (Lipinski definition) is 4. The number of rotatable bonds is 5. The van der Waals surface area contributed by atoms with Crippen molar-refractivity contribution in [2.24, 2.45) is 0 Å². The van der Waals surface area contributed by atoms with Gasteiger partial charge in [0.25, 0.3) is 0 Å². The highest BCUT2D eigenvalue weighted by atomic mass is 32.2. The Kier molecular flexibility index (Phi) is 6.39. The Hall–Kier alpha value is -2.34. The highest BCUT2D eigenvalue weighted by Gasteiger charge is 2.32. The first-order chi connectivity index (χ1) is 13.4. The lowest BCUT2D eigenvalue weighted by Gasteiger charge is -2.29. The third-order valence-electron chi connectivity index (χ3n) is 4.34. The second-order valence-electron chi connectivity index (χ2n) is 7.78. The summed E-state index contributed by atoms with van der Waals surface area (Å²) in [5.74, 6) is 2.29. The number of hydrogen-bond donors (Lipinski definition) is 1. The van der Waals surface area contributed by atoms with E-state index >= 15 is 0 Å². The number of methoxy groups -OCH3 is 1. The fourth-order valence-electron chi connectivity index (χ4n) is 3.04. The van der Waals surface area contributed by atoms with Crippen molar-refractivity contribution in [1.82, 2.24) is 10.2 Å². The monoisotopic (exact) mass is 400 g/mol. The first-order valence-corrected chi connectivity index (χ1v) is 10.5. The molecule has 1 N–H and O–H groups in total. The maximum absolute atomic E-state index is 12.7. The smallest absolute Gasteiger partial charge is 0.319 e. The van der Waals surface area contributed by atoms with E-state index in [9.17, 15) is 4.79 Å². The molecule has 0 radical (unpaired) electrons. The lowest BCUT2D eigenvalue weighted by molar-refractivity contribution is 0.191. The van der Waals surface area contributed by atoms with Crippen LogP contribution in [-0.2, 0) is 6.61 Å². The van der Waals surface area contributed by atoms with Crippen LogP contribution < -0.4 is 14.8 Å². The molecule has 1 aliphatic rings. The molecule has 1 heterocycles. The lowest BCUT2D eigenvalue weighted by Crippen LogP contribution is -2.48. The molecule has 0 saturated carbocycles. The van der Waals surface area contributed by atoms with Gasteiger partial charge in [0.15, 0.2) is 11.5 Å². The summed E-state index contributed by atoms with van der Waals surface area (Å²) in [5, 5.41) is 3.03. The van der Waals surface area contributed by atoms with Crippen molar-refractivity contribution >= 4 is 17.8 Å². The van der Waals surface area contributed by atoms with Gasteiger partial charge in [0, 0.05) is 17.8 Å². The third kappa shape index (κ3) is 5.13. The van der Waals surface area contributed by atoms with Gasteiger partial charge in [-0.15, -0.1) is 11.8 Å². The molecule has 0 bridgehead atoms. The molecule has 150 valence electrons. The maximum Gasteiger partial charge on any atom is 0.319 e. The third-order valence-corrected chi connectivity index (χ3v) is 5.60. The summed E-state index contributed by atoms with van der Waals surface area (Å²) in [4.78, 5) is 14.6. The molecular formula is C22H28N2O3S. The Morgan fingerprint density at radius 3 is 2.61 bits per heavy atom. The van der Waals surface area contributed by atoms with Gasteiger partial charge in [-0.1, -0.05) is 36.4 Å². The number of nitrogens with zero attached hydrogens (tertiary/aromatic N) is 1. The minimum atomic E-state index is -0.262. The van der Waals surface area contributed by atoms with Crippen molar-refractivity contribution in [2.45, 2.75) is 38.3 Å². The fourth-order valence-corrected chi connectivity index (χ4v) is 4.28. The zero-order chi connectivity index (χ0) is 20.1. The van der Waals surface area contributed by atoms with Crippen LogP contribution in [0.2, 0.25) is 0 Å². The van der Waals surface area contributed by atoms with Crippen molar-refractivity contribution in [3.63, 3.8) is 0 Å². The fraction of sp³-hybridized carbons (Fsp3) is 0.409. The van der Waals surface area contributed by atoms with E-state index in [1.54, 1.807) is 18.9 Å². The van der Waals surface area contributed by atoms with Gasteiger partial charge in [-0.05, 0) is 44.0 Å². The van der Waals surface area contributed by atoms with Crippen LogP contribution in [0, 0.1) is 0 Å². The summed E-state index contributed by atoms with van der Waals surface area (Å²) < 4.78 is 11.5. The van der Waals surface area contributed by atoms with Crippen LogP contribution in [0.4, 0.5) is 4.79 Å². The predicted molar refractivity (Wildman–Crippen MR) is 114 cm³/mol. The first kappa shape index (κ1) is 20.4. The second kappa shape index (κ2) is 8.78. The number of benzene rings is 2. The van der Waals surface area contributed by atoms with Crippen molar-refractivity contribution in [2.75, 3.05) is 19.4 Å². The number of amides is 2. The molecule has 0 aromatic heterocycles. The molecule has 0 spiro atoms. The van der Waals surface area contributed by atoms with Gasteiger partial charge in [-0.25, -0.2) is 4.79 Å². The molecule has 1 fully saturated rings. The minimum absolute atomic E-state index is 0.0283. The Morgan fingerprint density at radius 2 is 1.93 bits per heavy atom. The van der Waals surface area contributed by atoms with E-state index < -0.39 is 0 Å². The summed E-state index contributed by atoms with van der Waals surface area (Å²) in [7, 11) is 1.64. The molecule has 0 unspecified atom stereocenters. The standard InChI is InChI=1S/C22H28N2O3S/c1-22(2,3)23-21(25)24-12-13-28-20(24)17-10-11-18(19(14-17)26-4)27-15-16-8-6-5-7-9-16/h5-11,14,20H,12-13,15H2,1-4H3,(H,23,25)/t20-/m0/s1. The summed E-state index contributed by atoms with van der Waals surface area (Å²) in [6, 6.07) is 15.9. The maximum atomic E-state index is 12.7. The highest BCUT2D eigenvalue weighted by Crippen LogP contribution is 2.41. The van der Waals surface area contributed by atoms with E-state index in [0.29, 0.717) is 18.1 Å². The van der Waals surface area contributed by atoms with E-state index in [-0.39, 0.29) is 16.9 Å². The highest BCUT2D eigenvalue weighted by molar-refractivity contribution is 7.99. The van der Waals surface area contributed by atoms with Gasteiger partial charge < -0.3 is 19.7 Å². The van der Waals surface area contributed by atoms with Crippen LogP contribution in [0.3, 0.4) is 0 Å². The quantitative estimate of drug-likeness (QED) is 0.781. The normalized spacial score (nSPS) is 16.7. The number of carbonyl (C=O) groups is 1. The zero-order valence-electron chi connectivity index (χ0n) is 16.9. The van der Waals surface area contributed by atoms with Crippen LogP contribution in [0.1, 0.15) is 37.3 Å². The van der Waals surface area contributed by atoms with E-state index in [1.165, 1.54) is 0 Å². The molecule has 5 nitrogen and oxygen atoms in total. The molecule has 6 heteroatoms. The Labute approximate surface area is 171 Å². The van der Waals surface area contributed by atoms with E-state index in [1.807, 2.05) is 74.2 Å². The largest absolute Gasteiger partial charge is 0.493 e. The van der Waals surface area contributed by atoms with E-state index in [2.05, 4.69) is 5.32 Å². The number of urea groups is 1. The summed E-state index contributed by atoms with van der Waals surface area (Å²) in [6.07, 6.45) is 0. The predicted octanol–water partition coefficient (Wildman–Crippen LogP) is 4.83. The molecule has 1 saturated heterocycles. The van der Waals surface area contributed by atoms with Crippen LogP contribution in [-0.4, -0.2) is 35.9 Å². The van der Waals surface area contributed by atoms with Gasteiger partial charge in [0.2, 0.25) is 0 Å². The number of nitrogens with one attached hydrogen (secondary N) is 1. The van der Waals surface area contributed by atoms with Gasteiger partial charge in [-0.3, -0.25) is 0 Å². The molecule has 1 aliphatic heterocycles. The van der Waals surface area contributed by atoms with Crippen LogP contribution in [0.25, 0.3) is 0 Å². The topological polar surface area (TPSA) is 50.8 Å². The number of carbonyl (C=O) groups excluding carboxylic acids is 1. The van der Waals surface area contributed by atoms with Crippen LogP contribution >= 0.6 is 11.8 Å². The summed E-state index contributed by atoms with van der Waals surface area (Å²) in [6.45, 7) is 7.18. The Morgan fingerprint density at radius 1 is 1.18 bits per heavy atom. The van der Waals surface area contributed by atoms with E-state index in [4.69, 9.17) is 9.47 Å². The van der Waals surface area contributed by atoms with Crippen LogP contribution in [0.5, 0.6) is 11.5 Å². The average molecular weight is 401 g/mol. The summed E-state index contributed by atoms with van der Waals surface area (Å²) in [5.41, 5.74) is 1.88. The SMILES string of the molecule is COc1cc([C@@H]2SCCN2C(=O)NC(C)(C)C)ccc1OCc1ccccc1. The Bertz CT molecular complexity index is 805. The number of thioether (sulfide) groups is 1. The van der Waals surface area contributed by atoms with Crippen molar-refractivity contribution in [1.29, 1.82) is 0 Å². The number of ether oxygens (including phenoxy) is 2. The zero-order valence-corrected chi connectivity index (χ0v) is 17.7. The molecular weight excluding hydrogens is 372 g/mol. The second-order valence-corrected chi connectivity index (χ2v) is 8.97. The first-order valence-electron chi connectivity index (χ1n) is 9.42. The Balaban J connectivity index is 1.74. The van der Waals surface area contributed by atoms with Gasteiger partial charge in [-0.2, -0.15) is 0 Å². The average Bonchev–Trinajstić information content (AvgIpc) is 3.16. The summed E-state index contributed by atoms with van der Waals surface area (Å²) >= 11 is 1.76. The van der Waals surface area contributed by atoms with Gasteiger partial charge in [0.1, 0.15) is 12.0 Å². The van der Waals surface area contributed by atoms with Gasteiger partial charge in [0.05, 0.1) is 7.11 Å². The molecule has 3 rings (SSSR count). The van der Waals surface area contributed by atoms with Crippen molar-refractivity contribution in [3.05, 3.63) is 59.7 Å². The molecule has 2 amide bonds. The van der Waals surface area contributed by atoms with Gasteiger partial charge >= 0.3 is 6.03 Å². The van der Waals surface area contributed by atoms with Crippen molar-refractivity contribution < 1.29 is 14.3 Å². The molecule has 2 aromatic rings. The molecule has 1 atom stereocenters.